The second-order valence-electron chi connectivity index (χ2n) is 5.04. The fourth-order valence-electron chi connectivity index (χ4n) is 2.51. The smallest absolute Gasteiger partial charge is 0.251 e. The third-order valence-electron chi connectivity index (χ3n) is 3.54. The van der Waals surface area contributed by atoms with Gasteiger partial charge in [-0.25, -0.2) is 0 Å². The van der Waals surface area contributed by atoms with Crippen molar-refractivity contribution in [1.82, 2.24) is 14.9 Å². The van der Waals surface area contributed by atoms with Gasteiger partial charge in [0.25, 0.3) is 5.56 Å². The second-order valence-corrected chi connectivity index (χ2v) is 5.04. The van der Waals surface area contributed by atoms with Crippen LogP contribution in [0.2, 0.25) is 0 Å². The van der Waals surface area contributed by atoms with Gasteiger partial charge in [-0.3, -0.25) is 14.7 Å². The zero-order valence-corrected chi connectivity index (χ0v) is 10.6. The molecule has 0 aromatic carbocycles. The highest BCUT2D eigenvalue weighted by molar-refractivity contribution is 5.74. The number of aromatic amines is 1. The number of pyridine rings is 2. The number of nitrogens with zero attached hydrogens (tertiary/aromatic N) is 2. The van der Waals surface area contributed by atoms with Crippen molar-refractivity contribution in [2.75, 3.05) is 13.1 Å². The highest BCUT2D eigenvalue weighted by Gasteiger charge is 2.12. The van der Waals surface area contributed by atoms with Crippen molar-refractivity contribution in [2.24, 2.45) is 0 Å². The average Bonchev–Trinajstić information content (AvgIpc) is 2.84. The number of hydrogen-bond acceptors (Lipinski definition) is 3. The van der Waals surface area contributed by atoms with Crippen LogP contribution in [-0.2, 0) is 6.54 Å². The molecule has 2 aromatic rings. The first-order valence-electron chi connectivity index (χ1n) is 6.43. The van der Waals surface area contributed by atoms with Crippen LogP contribution >= 0.6 is 0 Å². The summed E-state index contributed by atoms with van der Waals surface area (Å²) in [5, 5.41) is 0. The quantitative estimate of drug-likeness (QED) is 0.875. The van der Waals surface area contributed by atoms with E-state index in [1.165, 1.54) is 31.5 Å². The van der Waals surface area contributed by atoms with Crippen LogP contribution in [-0.4, -0.2) is 28.0 Å². The van der Waals surface area contributed by atoms with Gasteiger partial charge in [0, 0.05) is 18.3 Å². The molecule has 1 fully saturated rings. The Hall–Kier alpha value is -1.68. The molecule has 0 amide bonds. The normalized spacial score (nSPS) is 16.5. The first kappa shape index (κ1) is 11.4. The van der Waals surface area contributed by atoms with Crippen molar-refractivity contribution in [3.63, 3.8) is 0 Å². The standard InChI is InChI=1S/C14H17N3O/c1-10-6-12-13(16-14(10)18)7-11(8-15-12)9-17-4-2-3-5-17/h6-8H,2-5,9H2,1H3,(H,16,18). The van der Waals surface area contributed by atoms with Gasteiger partial charge < -0.3 is 4.98 Å². The Balaban J connectivity index is 1.94. The number of nitrogens with one attached hydrogen (secondary N) is 1. The van der Waals surface area contributed by atoms with Crippen molar-refractivity contribution in [1.29, 1.82) is 0 Å². The van der Waals surface area contributed by atoms with Gasteiger partial charge in [-0.05, 0) is 50.6 Å². The molecule has 1 saturated heterocycles. The lowest BCUT2D eigenvalue weighted by molar-refractivity contribution is 0.331. The predicted octanol–water partition coefficient (Wildman–Crippen LogP) is 1.83. The van der Waals surface area contributed by atoms with Crippen LogP contribution in [0, 0.1) is 6.92 Å². The number of likely N-dealkylation sites (tertiary alicyclic amines) is 1. The van der Waals surface area contributed by atoms with Gasteiger partial charge >= 0.3 is 0 Å². The molecule has 0 bridgehead atoms. The summed E-state index contributed by atoms with van der Waals surface area (Å²) >= 11 is 0. The van der Waals surface area contributed by atoms with Crippen molar-refractivity contribution in [2.45, 2.75) is 26.3 Å². The lowest BCUT2D eigenvalue weighted by atomic mass is 10.2. The molecule has 0 atom stereocenters. The van der Waals surface area contributed by atoms with Crippen LogP contribution in [0.3, 0.4) is 0 Å². The maximum atomic E-state index is 11.6. The molecule has 0 spiro atoms. The number of rotatable bonds is 2. The summed E-state index contributed by atoms with van der Waals surface area (Å²) in [6, 6.07) is 3.88. The van der Waals surface area contributed by atoms with Crippen molar-refractivity contribution < 1.29 is 0 Å². The van der Waals surface area contributed by atoms with Crippen LogP contribution < -0.4 is 5.56 Å². The van der Waals surface area contributed by atoms with Gasteiger partial charge in [0.15, 0.2) is 0 Å². The minimum atomic E-state index is -0.0253. The van der Waals surface area contributed by atoms with E-state index in [9.17, 15) is 4.79 Å². The largest absolute Gasteiger partial charge is 0.320 e. The van der Waals surface area contributed by atoms with E-state index in [0.29, 0.717) is 5.56 Å². The molecule has 3 heterocycles. The van der Waals surface area contributed by atoms with Crippen LogP contribution in [0.1, 0.15) is 24.0 Å². The van der Waals surface area contributed by atoms with Crippen LogP contribution in [0.4, 0.5) is 0 Å². The van der Waals surface area contributed by atoms with Crippen molar-refractivity contribution in [3.05, 3.63) is 39.8 Å². The van der Waals surface area contributed by atoms with Gasteiger partial charge in [0.05, 0.1) is 11.0 Å². The molecule has 0 aliphatic carbocycles. The first-order chi connectivity index (χ1) is 8.72. The molecule has 18 heavy (non-hydrogen) atoms. The molecule has 0 radical (unpaired) electrons. The Morgan fingerprint density at radius 3 is 2.89 bits per heavy atom. The Morgan fingerprint density at radius 2 is 2.11 bits per heavy atom. The molecule has 1 aliphatic rings. The fraction of sp³-hybridized carbons (Fsp3) is 0.429. The van der Waals surface area contributed by atoms with Crippen LogP contribution in [0.25, 0.3) is 11.0 Å². The zero-order chi connectivity index (χ0) is 12.5. The Kier molecular flexibility index (Phi) is 2.88. The van der Waals surface area contributed by atoms with E-state index in [0.717, 1.165) is 17.6 Å². The van der Waals surface area contributed by atoms with Crippen molar-refractivity contribution in [3.8, 4) is 0 Å². The fourth-order valence-corrected chi connectivity index (χ4v) is 2.51. The summed E-state index contributed by atoms with van der Waals surface area (Å²) in [6.07, 6.45) is 4.49. The molecule has 4 nitrogen and oxygen atoms in total. The van der Waals surface area contributed by atoms with Gasteiger partial charge in [-0.15, -0.1) is 0 Å². The van der Waals surface area contributed by atoms with Gasteiger partial charge in [-0.1, -0.05) is 0 Å². The van der Waals surface area contributed by atoms with Crippen LogP contribution in [0.5, 0.6) is 0 Å². The minimum absolute atomic E-state index is 0.0253. The Morgan fingerprint density at radius 1 is 1.33 bits per heavy atom. The monoisotopic (exact) mass is 243 g/mol. The molecular formula is C14H17N3O. The average molecular weight is 243 g/mol. The Labute approximate surface area is 106 Å². The Bertz CT molecular complexity index is 626. The number of H-pyrrole nitrogens is 1. The topological polar surface area (TPSA) is 49.0 Å². The predicted molar refractivity (Wildman–Crippen MR) is 71.6 cm³/mol. The number of fused-ring (bicyclic) bond motifs is 1. The molecule has 2 aromatic heterocycles. The summed E-state index contributed by atoms with van der Waals surface area (Å²) < 4.78 is 0. The lowest BCUT2D eigenvalue weighted by Crippen LogP contribution is -2.18. The van der Waals surface area contributed by atoms with E-state index in [-0.39, 0.29) is 5.56 Å². The van der Waals surface area contributed by atoms with Crippen LogP contribution in [0.15, 0.2) is 23.1 Å². The van der Waals surface area contributed by atoms with E-state index in [4.69, 9.17) is 0 Å². The summed E-state index contributed by atoms with van der Waals surface area (Å²) in [4.78, 5) is 21.3. The third kappa shape index (κ3) is 2.16. The number of hydrogen-bond donors (Lipinski definition) is 1. The maximum absolute atomic E-state index is 11.6. The summed E-state index contributed by atoms with van der Waals surface area (Å²) in [7, 11) is 0. The van der Waals surface area contributed by atoms with E-state index in [2.05, 4.69) is 14.9 Å². The second kappa shape index (κ2) is 4.53. The molecule has 0 unspecified atom stereocenters. The number of aromatic nitrogens is 2. The molecule has 3 rings (SSSR count). The van der Waals surface area contributed by atoms with Crippen molar-refractivity contribution >= 4 is 11.0 Å². The first-order valence-corrected chi connectivity index (χ1v) is 6.43. The highest BCUT2D eigenvalue weighted by atomic mass is 16.1. The zero-order valence-electron chi connectivity index (χ0n) is 10.6. The maximum Gasteiger partial charge on any atom is 0.251 e. The molecule has 94 valence electrons. The SMILES string of the molecule is Cc1cc2ncc(CN3CCCC3)cc2[nH]c1=O. The van der Waals surface area contributed by atoms with E-state index < -0.39 is 0 Å². The number of aryl methyl sites for hydroxylation is 1. The molecule has 1 aliphatic heterocycles. The van der Waals surface area contributed by atoms with Gasteiger partial charge in [0.1, 0.15) is 0 Å². The summed E-state index contributed by atoms with van der Waals surface area (Å²) in [5.41, 5.74) is 3.55. The molecule has 4 heteroatoms. The van der Waals surface area contributed by atoms with E-state index in [1.807, 2.05) is 18.3 Å². The highest BCUT2D eigenvalue weighted by Crippen LogP contribution is 2.15. The van der Waals surface area contributed by atoms with E-state index in [1.54, 1.807) is 6.92 Å². The lowest BCUT2D eigenvalue weighted by Gasteiger charge is -2.14. The molecule has 1 N–H and O–H groups in total. The van der Waals surface area contributed by atoms with Gasteiger partial charge in [-0.2, -0.15) is 0 Å². The molecular weight excluding hydrogens is 226 g/mol. The molecule has 0 saturated carbocycles. The van der Waals surface area contributed by atoms with Gasteiger partial charge in [0.2, 0.25) is 0 Å². The minimum Gasteiger partial charge on any atom is -0.320 e. The summed E-state index contributed by atoms with van der Waals surface area (Å²) in [6.45, 7) is 5.07. The third-order valence-corrected chi connectivity index (χ3v) is 3.54. The van der Waals surface area contributed by atoms with E-state index >= 15 is 0 Å². The summed E-state index contributed by atoms with van der Waals surface area (Å²) in [5.74, 6) is 0.